The van der Waals surface area contributed by atoms with E-state index in [4.69, 9.17) is 4.74 Å². The lowest BCUT2D eigenvalue weighted by Crippen LogP contribution is -2.51. The molecule has 1 aliphatic heterocycles. The van der Waals surface area contributed by atoms with Crippen LogP contribution >= 0.6 is 0 Å². The number of methoxy groups -OCH3 is 1. The molecule has 0 bridgehead atoms. The number of ether oxygens (including phenoxy) is 1. The Kier molecular flexibility index (Phi) is 4.94. The number of nitrogens with zero attached hydrogens (tertiary/aromatic N) is 2. The summed E-state index contributed by atoms with van der Waals surface area (Å²) in [6.07, 6.45) is 5.30. The second-order valence-electron chi connectivity index (χ2n) is 6.83. The van der Waals surface area contributed by atoms with E-state index in [1.807, 2.05) is 18.2 Å². The van der Waals surface area contributed by atoms with Crippen molar-refractivity contribution in [3.05, 3.63) is 24.3 Å². The summed E-state index contributed by atoms with van der Waals surface area (Å²) in [6.45, 7) is 1.71. The molecule has 5 nitrogen and oxygen atoms in total. The molecule has 0 radical (unpaired) electrons. The number of piperidine rings is 1. The number of hydrogen-bond acceptors (Lipinski definition) is 4. The molecule has 2 aliphatic rings. The lowest BCUT2D eigenvalue weighted by atomic mass is 9.86. The largest absolute Gasteiger partial charge is 0.495 e. The number of nitrogens with one attached hydrogen (secondary N) is 1. The Morgan fingerprint density at radius 1 is 1.33 bits per heavy atom. The number of carbonyl (C=O) groups is 1. The van der Waals surface area contributed by atoms with Crippen LogP contribution in [0.15, 0.2) is 24.3 Å². The van der Waals surface area contributed by atoms with Crippen LogP contribution in [0.1, 0.15) is 38.5 Å². The summed E-state index contributed by atoms with van der Waals surface area (Å²) in [5, 5.41) is 12.6. The van der Waals surface area contributed by atoms with Gasteiger partial charge in [-0.15, -0.1) is 0 Å². The molecule has 1 amide bonds. The molecule has 1 aliphatic carbocycles. The highest BCUT2D eigenvalue weighted by molar-refractivity contribution is 5.86. The first kappa shape index (κ1) is 16.6. The number of anilines is 1. The first-order chi connectivity index (χ1) is 11.7. The van der Waals surface area contributed by atoms with Crippen molar-refractivity contribution in [2.24, 2.45) is 5.41 Å². The van der Waals surface area contributed by atoms with Crippen LogP contribution in [0.2, 0.25) is 0 Å². The fourth-order valence-corrected chi connectivity index (χ4v) is 3.90. The normalized spacial score (nSPS) is 22.7. The number of nitriles is 1. The van der Waals surface area contributed by atoms with Crippen molar-refractivity contribution in [2.75, 3.05) is 25.1 Å². The molecule has 0 aromatic heterocycles. The van der Waals surface area contributed by atoms with Crippen molar-refractivity contribution in [3.8, 4) is 11.8 Å². The molecule has 1 atom stereocenters. The fraction of sp³-hybridized carbons (Fsp3) is 0.579. The number of amides is 1. The second-order valence-corrected chi connectivity index (χ2v) is 6.83. The summed E-state index contributed by atoms with van der Waals surface area (Å²) < 4.78 is 5.46. The number of rotatable bonds is 4. The van der Waals surface area contributed by atoms with Gasteiger partial charge >= 0.3 is 0 Å². The standard InChI is InChI=1S/C19H25N3O2/c1-24-17-9-3-2-8-16(17)22-12-6-7-15(13-22)21-18(23)19(14-20)10-4-5-11-19/h2-3,8-9,15H,4-7,10-13H2,1H3,(H,21,23). The second kappa shape index (κ2) is 7.12. The van der Waals surface area contributed by atoms with Gasteiger partial charge < -0.3 is 15.0 Å². The zero-order chi connectivity index (χ0) is 17.0. The highest BCUT2D eigenvalue weighted by Crippen LogP contribution is 2.38. The van der Waals surface area contributed by atoms with Crippen LogP contribution < -0.4 is 15.0 Å². The van der Waals surface area contributed by atoms with E-state index >= 15 is 0 Å². The first-order valence-electron chi connectivity index (χ1n) is 8.79. The average Bonchev–Trinajstić information content (AvgIpc) is 3.12. The Hall–Kier alpha value is -2.22. The lowest BCUT2D eigenvalue weighted by Gasteiger charge is -2.36. The van der Waals surface area contributed by atoms with E-state index in [9.17, 15) is 10.1 Å². The number of para-hydroxylation sites is 2. The van der Waals surface area contributed by atoms with Crippen LogP contribution in [0.3, 0.4) is 0 Å². The fourth-order valence-electron chi connectivity index (χ4n) is 3.90. The van der Waals surface area contributed by atoms with E-state index in [-0.39, 0.29) is 11.9 Å². The number of hydrogen-bond donors (Lipinski definition) is 1. The van der Waals surface area contributed by atoms with Gasteiger partial charge in [0.15, 0.2) is 0 Å². The van der Waals surface area contributed by atoms with Crippen LogP contribution in [-0.4, -0.2) is 32.1 Å². The van der Waals surface area contributed by atoms with Gasteiger partial charge in [0.05, 0.1) is 18.9 Å². The molecule has 128 valence electrons. The van der Waals surface area contributed by atoms with Gasteiger partial charge in [-0.3, -0.25) is 4.79 Å². The molecule has 3 rings (SSSR count). The minimum atomic E-state index is -0.799. The third kappa shape index (κ3) is 3.19. The minimum Gasteiger partial charge on any atom is -0.495 e. The molecule has 1 aromatic carbocycles. The van der Waals surface area contributed by atoms with Crippen molar-refractivity contribution in [3.63, 3.8) is 0 Å². The lowest BCUT2D eigenvalue weighted by molar-refractivity contribution is -0.128. The Morgan fingerprint density at radius 3 is 2.79 bits per heavy atom. The molecule has 1 aromatic rings. The van der Waals surface area contributed by atoms with E-state index < -0.39 is 5.41 Å². The van der Waals surface area contributed by atoms with Crippen molar-refractivity contribution >= 4 is 11.6 Å². The minimum absolute atomic E-state index is 0.0747. The van der Waals surface area contributed by atoms with Gasteiger partial charge in [0, 0.05) is 19.1 Å². The van der Waals surface area contributed by atoms with Gasteiger partial charge in [0.25, 0.3) is 0 Å². The molecular formula is C19H25N3O2. The summed E-state index contributed by atoms with van der Waals surface area (Å²) in [7, 11) is 1.68. The maximum Gasteiger partial charge on any atom is 0.240 e. The smallest absolute Gasteiger partial charge is 0.240 e. The van der Waals surface area contributed by atoms with Crippen molar-refractivity contribution < 1.29 is 9.53 Å². The third-order valence-electron chi connectivity index (χ3n) is 5.29. The topological polar surface area (TPSA) is 65.4 Å². The van der Waals surface area contributed by atoms with Crippen molar-refractivity contribution in [1.82, 2.24) is 5.32 Å². The number of carbonyl (C=O) groups excluding carboxylic acids is 1. The molecule has 1 saturated carbocycles. The maximum atomic E-state index is 12.7. The predicted molar refractivity (Wildman–Crippen MR) is 92.9 cm³/mol. The van der Waals surface area contributed by atoms with E-state index in [2.05, 4.69) is 22.4 Å². The molecule has 24 heavy (non-hydrogen) atoms. The Labute approximate surface area is 143 Å². The monoisotopic (exact) mass is 327 g/mol. The van der Waals surface area contributed by atoms with Crippen molar-refractivity contribution in [1.29, 1.82) is 5.26 Å². The Bertz CT molecular complexity index is 632. The van der Waals surface area contributed by atoms with Crippen LogP contribution in [0.4, 0.5) is 5.69 Å². The van der Waals surface area contributed by atoms with Gasteiger partial charge in [0.2, 0.25) is 5.91 Å². The highest BCUT2D eigenvalue weighted by atomic mass is 16.5. The van der Waals surface area contributed by atoms with E-state index in [0.717, 1.165) is 50.2 Å². The van der Waals surface area contributed by atoms with Gasteiger partial charge in [-0.2, -0.15) is 5.26 Å². The highest BCUT2D eigenvalue weighted by Gasteiger charge is 2.42. The zero-order valence-corrected chi connectivity index (χ0v) is 14.3. The molecule has 1 N–H and O–H groups in total. The van der Waals surface area contributed by atoms with E-state index in [1.165, 1.54) is 0 Å². The van der Waals surface area contributed by atoms with Crippen molar-refractivity contribution in [2.45, 2.75) is 44.6 Å². The van der Waals surface area contributed by atoms with Gasteiger partial charge in [-0.05, 0) is 37.8 Å². The quantitative estimate of drug-likeness (QED) is 0.923. The molecular weight excluding hydrogens is 302 g/mol. The van der Waals surface area contributed by atoms with Crippen LogP contribution in [0.25, 0.3) is 0 Å². The van der Waals surface area contributed by atoms with E-state index in [0.29, 0.717) is 12.8 Å². The summed E-state index contributed by atoms with van der Waals surface area (Å²) in [6, 6.07) is 10.3. The zero-order valence-electron chi connectivity index (χ0n) is 14.3. The third-order valence-corrected chi connectivity index (χ3v) is 5.29. The molecule has 1 unspecified atom stereocenters. The van der Waals surface area contributed by atoms with Gasteiger partial charge in [-0.25, -0.2) is 0 Å². The number of benzene rings is 1. The predicted octanol–water partition coefficient (Wildman–Crippen LogP) is 2.86. The van der Waals surface area contributed by atoms with Crippen LogP contribution in [-0.2, 0) is 4.79 Å². The SMILES string of the molecule is COc1ccccc1N1CCCC(NC(=O)C2(C#N)CCCC2)C1. The van der Waals surface area contributed by atoms with Gasteiger partial charge in [-0.1, -0.05) is 25.0 Å². The average molecular weight is 327 g/mol. The molecule has 5 heteroatoms. The first-order valence-corrected chi connectivity index (χ1v) is 8.79. The van der Waals surface area contributed by atoms with Gasteiger partial charge in [0.1, 0.15) is 11.2 Å². The Balaban J connectivity index is 1.68. The molecule has 0 spiro atoms. The maximum absolute atomic E-state index is 12.7. The molecule has 2 fully saturated rings. The summed E-state index contributed by atoms with van der Waals surface area (Å²) in [5.41, 5.74) is 0.266. The van der Waals surface area contributed by atoms with E-state index in [1.54, 1.807) is 7.11 Å². The summed E-state index contributed by atoms with van der Waals surface area (Å²) in [4.78, 5) is 14.9. The molecule has 1 saturated heterocycles. The Morgan fingerprint density at radius 2 is 2.08 bits per heavy atom. The van der Waals surface area contributed by atoms with Crippen LogP contribution in [0, 0.1) is 16.7 Å². The summed E-state index contributed by atoms with van der Waals surface area (Å²) in [5.74, 6) is 0.781. The summed E-state index contributed by atoms with van der Waals surface area (Å²) >= 11 is 0. The molecule has 1 heterocycles. The van der Waals surface area contributed by atoms with Crippen LogP contribution in [0.5, 0.6) is 5.75 Å².